The molecule has 0 saturated carbocycles. The molecule has 0 atom stereocenters. The molecule has 2 aromatic heterocycles. The highest BCUT2D eigenvalue weighted by molar-refractivity contribution is 6.23. The summed E-state index contributed by atoms with van der Waals surface area (Å²) in [7, 11) is 0. The van der Waals surface area contributed by atoms with E-state index in [9.17, 15) is 0 Å². The zero-order valence-electron chi connectivity index (χ0n) is 29.6. The van der Waals surface area contributed by atoms with E-state index >= 15 is 0 Å². The second-order valence-electron chi connectivity index (χ2n) is 13.9. The Labute approximate surface area is 317 Å². The first-order valence-electron chi connectivity index (χ1n) is 18.5. The molecular weight excluding hydrogens is 671 g/mol. The Bertz CT molecular complexity index is 3270. The number of aromatic nitrogens is 3. The van der Waals surface area contributed by atoms with Gasteiger partial charge in [-0.3, -0.25) is 0 Å². The highest BCUT2D eigenvalue weighted by atomic mass is 16.3. The van der Waals surface area contributed by atoms with E-state index in [0.717, 1.165) is 60.9 Å². The van der Waals surface area contributed by atoms with Gasteiger partial charge in [0.15, 0.2) is 17.5 Å². The van der Waals surface area contributed by atoms with E-state index in [1.807, 2.05) is 36.4 Å². The van der Waals surface area contributed by atoms with Crippen LogP contribution >= 0.6 is 0 Å². The fraction of sp³-hybridized carbons (Fsp3) is 0. The molecule has 0 unspecified atom stereocenters. The number of para-hydroxylation sites is 1. The van der Waals surface area contributed by atoms with Gasteiger partial charge in [-0.1, -0.05) is 164 Å². The Balaban J connectivity index is 1.18. The topological polar surface area (TPSA) is 51.8 Å². The fourth-order valence-corrected chi connectivity index (χ4v) is 8.19. The summed E-state index contributed by atoms with van der Waals surface area (Å²) < 4.78 is 6.32. The first-order chi connectivity index (χ1) is 27.3. The number of hydrogen-bond donors (Lipinski definition) is 0. The zero-order chi connectivity index (χ0) is 36.3. The van der Waals surface area contributed by atoms with Gasteiger partial charge in [-0.05, 0) is 78.8 Å². The molecule has 2 heterocycles. The van der Waals surface area contributed by atoms with Gasteiger partial charge in [0.2, 0.25) is 0 Å². The Hall–Kier alpha value is -7.43. The van der Waals surface area contributed by atoms with Crippen molar-refractivity contribution in [1.29, 1.82) is 0 Å². The Morgan fingerprint density at radius 1 is 0.291 bits per heavy atom. The van der Waals surface area contributed by atoms with E-state index in [-0.39, 0.29) is 0 Å². The van der Waals surface area contributed by atoms with E-state index in [1.54, 1.807) is 0 Å². The van der Waals surface area contributed by atoms with Crippen LogP contribution in [0.15, 0.2) is 192 Å². The second kappa shape index (κ2) is 12.6. The van der Waals surface area contributed by atoms with Gasteiger partial charge in [0, 0.05) is 27.5 Å². The van der Waals surface area contributed by atoms with E-state index < -0.39 is 0 Å². The molecule has 0 N–H and O–H groups in total. The van der Waals surface area contributed by atoms with Crippen molar-refractivity contribution in [2.24, 2.45) is 0 Å². The molecule has 0 amide bonds. The summed E-state index contributed by atoms with van der Waals surface area (Å²) in [6, 6.07) is 65.7. The van der Waals surface area contributed by atoms with Crippen molar-refractivity contribution >= 4 is 54.3 Å². The minimum Gasteiger partial charge on any atom is -0.456 e. The van der Waals surface area contributed by atoms with Gasteiger partial charge < -0.3 is 4.42 Å². The predicted octanol–water partition coefficient (Wildman–Crippen LogP) is 13.6. The number of rotatable bonds is 5. The number of nitrogens with zero attached hydrogens (tertiary/aromatic N) is 3. The van der Waals surface area contributed by atoms with Crippen molar-refractivity contribution in [2.45, 2.75) is 0 Å². The second-order valence-corrected chi connectivity index (χ2v) is 13.9. The number of benzene rings is 9. The summed E-state index contributed by atoms with van der Waals surface area (Å²) in [6.07, 6.45) is 0. The molecule has 4 nitrogen and oxygen atoms in total. The maximum Gasteiger partial charge on any atom is 0.164 e. The smallest absolute Gasteiger partial charge is 0.164 e. The van der Waals surface area contributed by atoms with Gasteiger partial charge >= 0.3 is 0 Å². The van der Waals surface area contributed by atoms with E-state index in [2.05, 4.69) is 152 Å². The van der Waals surface area contributed by atoms with Crippen molar-refractivity contribution in [3.05, 3.63) is 188 Å². The number of furan rings is 1. The van der Waals surface area contributed by atoms with Crippen molar-refractivity contribution in [3.8, 4) is 56.4 Å². The van der Waals surface area contributed by atoms with Crippen LogP contribution < -0.4 is 0 Å². The van der Waals surface area contributed by atoms with Crippen LogP contribution in [-0.2, 0) is 0 Å². The molecule has 0 fully saturated rings. The molecule has 11 aromatic rings. The molecule has 0 aliphatic carbocycles. The lowest BCUT2D eigenvalue weighted by Crippen LogP contribution is -2.01. The minimum atomic E-state index is 0.590. The molecule has 0 saturated heterocycles. The third kappa shape index (κ3) is 5.19. The summed E-state index contributed by atoms with van der Waals surface area (Å²) in [5.74, 6) is 1.80. The van der Waals surface area contributed by atoms with Crippen LogP contribution in [0.25, 0.3) is 111 Å². The maximum atomic E-state index is 6.32. The quantitative estimate of drug-likeness (QED) is 0.168. The highest BCUT2D eigenvalue weighted by Crippen LogP contribution is 2.42. The van der Waals surface area contributed by atoms with Gasteiger partial charge in [-0.25, -0.2) is 15.0 Å². The minimum absolute atomic E-state index is 0.590. The third-order valence-electron chi connectivity index (χ3n) is 10.7. The Morgan fingerprint density at radius 3 is 1.75 bits per heavy atom. The summed E-state index contributed by atoms with van der Waals surface area (Å²) in [5, 5.41) is 9.34. The van der Waals surface area contributed by atoms with Gasteiger partial charge in [0.25, 0.3) is 0 Å². The molecule has 55 heavy (non-hydrogen) atoms. The van der Waals surface area contributed by atoms with Gasteiger partial charge in [-0.2, -0.15) is 0 Å². The summed E-state index contributed by atoms with van der Waals surface area (Å²) in [5.41, 5.74) is 8.78. The lowest BCUT2D eigenvalue weighted by Gasteiger charge is -2.16. The Kier molecular flexibility index (Phi) is 7.14. The molecule has 0 spiro atoms. The predicted molar refractivity (Wildman–Crippen MR) is 227 cm³/mol. The first kappa shape index (κ1) is 31.1. The molecule has 0 aliphatic rings. The van der Waals surface area contributed by atoms with Crippen molar-refractivity contribution in [2.75, 3.05) is 0 Å². The molecular formula is C51H31N3O. The van der Waals surface area contributed by atoms with Crippen LogP contribution in [0.3, 0.4) is 0 Å². The monoisotopic (exact) mass is 701 g/mol. The fourth-order valence-electron chi connectivity index (χ4n) is 8.19. The standard InChI is InChI=1S/C51H31N3O/c1-2-14-32(15-3-1)34-17-12-18-36(30-34)49-52-50(54-51(53-49)43-25-13-27-46-48(43)42-24-10-11-26-45(42)55-46)41-23-9-7-21-39(41)44-31-35-29-28-33-16-4-5-19-37(33)47(35)40-22-8-6-20-38(40)44/h1-31H. The summed E-state index contributed by atoms with van der Waals surface area (Å²) in [4.78, 5) is 15.8. The van der Waals surface area contributed by atoms with E-state index in [4.69, 9.17) is 19.4 Å². The lowest BCUT2D eigenvalue weighted by molar-refractivity contribution is 0.669. The van der Waals surface area contributed by atoms with Crippen molar-refractivity contribution in [3.63, 3.8) is 0 Å². The molecule has 0 radical (unpaired) electrons. The van der Waals surface area contributed by atoms with Crippen molar-refractivity contribution < 1.29 is 4.42 Å². The van der Waals surface area contributed by atoms with Crippen LogP contribution in [0.2, 0.25) is 0 Å². The normalized spacial score (nSPS) is 11.6. The largest absolute Gasteiger partial charge is 0.456 e. The SMILES string of the molecule is c1ccc(-c2cccc(-c3nc(-c4ccccc4-c4cc5ccc6ccccc6c5c5ccccc45)nc(-c4cccc5oc6ccccc6c45)n3)c2)cc1. The van der Waals surface area contributed by atoms with E-state index in [1.165, 1.54) is 32.3 Å². The van der Waals surface area contributed by atoms with Crippen LogP contribution in [0, 0.1) is 0 Å². The maximum absolute atomic E-state index is 6.32. The van der Waals surface area contributed by atoms with Gasteiger partial charge in [0.1, 0.15) is 11.2 Å². The summed E-state index contributed by atoms with van der Waals surface area (Å²) in [6.45, 7) is 0. The van der Waals surface area contributed by atoms with Gasteiger partial charge in [0.05, 0.1) is 0 Å². The molecule has 0 aliphatic heterocycles. The average molecular weight is 702 g/mol. The third-order valence-corrected chi connectivity index (χ3v) is 10.7. The summed E-state index contributed by atoms with van der Waals surface area (Å²) >= 11 is 0. The molecule has 9 aromatic carbocycles. The van der Waals surface area contributed by atoms with Crippen LogP contribution in [0.4, 0.5) is 0 Å². The van der Waals surface area contributed by atoms with Gasteiger partial charge in [-0.15, -0.1) is 0 Å². The first-order valence-corrected chi connectivity index (χ1v) is 18.5. The molecule has 11 rings (SSSR count). The zero-order valence-corrected chi connectivity index (χ0v) is 29.6. The van der Waals surface area contributed by atoms with E-state index in [0.29, 0.717) is 17.5 Å². The molecule has 256 valence electrons. The average Bonchev–Trinajstić information content (AvgIpc) is 3.65. The number of hydrogen-bond acceptors (Lipinski definition) is 4. The number of fused-ring (bicyclic) bond motifs is 8. The highest BCUT2D eigenvalue weighted by Gasteiger charge is 2.21. The molecule has 0 bridgehead atoms. The van der Waals surface area contributed by atoms with Crippen LogP contribution in [-0.4, -0.2) is 15.0 Å². The molecule has 4 heteroatoms. The van der Waals surface area contributed by atoms with Crippen LogP contribution in [0.5, 0.6) is 0 Å². The lowest BCUT2D eigenvalue weighted by atomic mass is 9.89. The Morgan fingerprint density at radius 2 is 0.873 bits per heavy atom. The van der Waals surface area contributed by atoms with Crippen LogP contribution in [0.1, 0.15) is 0 Å². The van der Waals surface area contributed by atoms with Crippen molar-refractivity contribution in [1.82, 2.24) is 15.0 Å².